The average Bonchev–Trinajstić information content (AvgIpc) is 3.52. The molecule has 38 heavy (non-hydrogen) atoms. The summed E-state index contributed by atoms with van der Waals surface area (Å²) >= 11 is 0. The molecule has 5 rings (SSSR count). The third-order valence-electron chi connectivity index (χ3n) is 7.39. The number of fused-ring (bicyclic) bond motifs is 2. The van der Waals surface area contributed by atoms with E-state index in [1.807, 2.05) is 30.0 Å². The van der Waals surface area contributed by atoms with Gasteiger partial charge in [0.25, 0.3) is 0 Å². The molecule has 3 heterocycles. The van der Waals surface area contributed by atoms with Gasteiger partial charge in [0.1, 0.15) is 17.1 Å². The van der Waals surface area contributed by atoms with Crippen LogP contribution in [0.3, 0.4) is 0 Å². The third-order valence-corrected chi connectivity index (χ3v) is 7.39. The Morgan fingerprint density at radius 1 is 1.26 bits per heavy atom. The van der Waals surface area contributed by atoms with Gasteiger partial charge in [-0.1, -0.05) is 19.1 Å². The second kappa shape index (κ2) is 11.0. The molecule has 3 aromatic rings. The van der Waals surface area contributed by atoms with Crippen LogP contribution in [0.15, 0.2) is 36.4 Å². The van der Waals surface area contributed by atoms with Gasteiger partial charge >= 0.3 is 0 Å². The number of amides is 2. The van der Waals surface area contributed by atoms with Crippen molar-refractivity contribution in [2.24, 2.45) is 0 Å². The summed E-state index contributed by atoms with van der Waals surface area (Å²) in [6.07, 6.45) is 3.26. The molecule has 1 unspecified atom stereocenters. The predicted molar refractivity (Wildman–Crippen MR) is 143 cm³/mol. The van der Waals surface area contributed by atoms with Crippen LogP contribution in [0.2, 0.25) is 0 Å². The number of aryl methyl sites for hydroxylation is 1. The summed E-state index contributed by atoms with van der Waals surface area (Å²) in [5, 5.41) is 9.37. The van der Waals surface area contributed by atoms with Crippen molar-refractivity contribution < 1.29 is 18.7 Å². The molecule has 0 radical (unpaired) electrons. The second-order valence-electron chi connectivity index (χ2n) is 10.2. The summed E-state index contributed by atoms with van der Waals surface area (Å²) in [6.45, 7) is 6.54. The number of para-hydroxylation sites is 1. The Bertz CT molecular complexity index is 1330. The number of hydrogen-bond donors (Lipinski definition) is 4. The van der Waals surface area contributed by atoms with Crippen LogP contribution in [0.25, 0.3) is 11.0 Å². The molecule has 1 aromatic heterocycles. The van der Waals surface area contributed by atoms with Crippen LogP contribution >= 0.6 is 0 Å². The molecule has 9 nitrogen and oxygen atoms in total. The summed E-state index contributed by atoms with van der Waals surface area (Å²) in [4.78, 5) is 36.3. The average molecular weight is 523 g/mol. The first-order valence-corrected chi connectivity index (χ1v) is 13.4. The molecule has 202 valence electrons. The van der Waals surface area contributed by atoms with Crippen molar-refractivity contribution in [3.05, 3.63) is 53.6 Å². The van der Waals surface area contributed by atoms with Crippen molar-refractivity contribution in [3.63, 3.8) is 0 Å². The number of aromatic amines is 1. The van der Waals surface area contributed by atoms with Crippen LogP contribution in [-0.2, 0) is 9.59 Å². The number of rotatable bonds is 8. The van der Waals surface area contributed by atoms with Crippen molar-refractivity contribution in [1.29, 1.82) is 0 Å². The summed E-state index contributed by atoms with van der Waals surface area (Å²) in [6, 6.07) is 9.30. The predicted octanol–water partition coefficient (Wildman–Crippen LogP) is 4.12. The summed E-state index contributed by atoms with van der Waals surface area (Å²) < 4.78 is 20.1. The van der Waals surface area contributed by atoms with Gasteiger partial charge in [-0.15, -0.1) is 0 Å². The van der Waals surface area contributed by atoms with E-state index in [1.54, 1.807) is 19.1 Å². The van der Waals surface area contributed by atoms with E-state index in [2.05, 4.69) is 32.8 Å². The minimum Gasteiger partial charge on any atom is -0.455 e. The fourth-order valence-electron chi connectivity index (χ4n) is 5.28. The van der Waals surface area contributed by atoms with Gasteiger partial charge in [-0.3, -0.25) is 14.9 Å². The van der Waals surface area contributed by atoms with E-state index in [0.717, 1.165) is 36.9 Å². The molecule has 0 saturated carbocycles. The van der Waals surface area contributed by atoms with Gasteiger partial charge in [0.05, 0.1) is 29.7 Å². The maximum Gasteiger partial charge on any atom is 0.238 e. The van der Waals surface area contributed by atoms with Crippen molar-refractivity contribution >= 4 is 28.5 Å². The summed E-state index contributed by atoms with van der Waals surface area (Å²) in [5.41, 5.74) is 2.65. The first-order chi connectivity index (χ1) is 18.3. The number of ether oxygens (including phenoxy) is 1. The number of halogens is 1. The summed E-state index contributed by atoms with van der Waals surface area (Å²) in [5.74, 6) is 0.264. The first-order valence-electron chi connectivity index (χ1n) is 13.4. The minimum absolute atomic E-state index is 0.0132. The Hall–Kier alpha value is -3.66. The highest BCUT2D eigenvalue weighted by Gasteiger charge is 2.33. The Labute approximate surface area is 221 Å². The number of H-pyrrole nitrogens is 1. The fourth-order valence-corrected chi connectivity index (χ4v) is 5.28. The van der Waals surface area contributed by atoms with Crippen molar-refractivity contribution in [2.75, 3.05) is 11.9 Å². The Morgan fingerprint density at radius 2 is 2.11 bits per heavy atom. The van der Waals surface area contributed by atoms with Crippen molar-refractivity contribution in [3.8, 4) is 5.75 Å². The molecule has 2 amide bonds. The first kappa shape index (κ1) is 26.0. The second-order valence-corrected chi connectivity index (χ2v) is 10.2. The number of carbonyl (C=O) groups is 2. The molecule has 0 spiro atoms. The molecular weight excluding hydrogens is 487 g/mol. The minimum atomic E-state index is -0.863. The molecule has 4 atom stereocenters. The Balaban J connectivity index is 1.32. The monoisotopic (exact) mass is 522 g/mol. The Morgan fingerprint density at radius 3 is 2.89 bits per heavy atom. The van der Waals surface area contributed by atoms with Gasteiger partial charge in [-0.05, 0) is 69.4 Å². The van der Waals surface area contributed by atoms with Crippen molar-refractivity contribution in [2.45, 2.75) is 77.4 Å². The van der Waals surface area contributed by atoms with Gasteiger partial charge in [0.15, 0.2) is 5.82 Å². The van der Waals surface area contributed by atoms with Gasteiger partial charge in [0, 0.05) is 12.6 Å². The Kier molecular flexibility index (Phi) is 7.51. The zero-order chi connectivity index (χ0) is 26.8. The molecule has 4 N–H and O–H groups in total. The number of hydrogen-bond acceptors (Lipinski definition) is 6. The highest BCUT2D eigenvalue weighted by molar-refractivity contribution is 5.89. The lowest BCUT2D eigenvalue weighted by atomic mass is 9.99. The van der Waals surface area contributed by atoms with Gasteiger partial charge in [0.2, 0.25) is 18.2 Å². The maximum absolute atomic E-state index is 14.2. The number of anilines is 1. The maximum atomic E-state index is 14.2. The third kappa shape index (κ3) is 5.45. The smallest absolute Gasteiger partial charge is 0.238 e. The number of likely N-dealkylation sites (tertiary alicyclic amines) is 1. The van der Waals surface area contributed by atoms with E-state index in [-0.39, 0.29) is 29.8 Å². The standard InChI is InChI=1S/C28H35FN6O3/c1-4-18-8-5-6-13-35(18)24(36)15-22(33-28-32-20-12-11-16(2)14-23(20)38-28)27(37)30-17(3)26-31-21-10-7-9-19(29)25(21)34-26/h7,9-12,14,17-18,22,28,32-33H,4-6,8,13,15H2,1-3H3,(H,30,37)(H,31,34)/t17-,18-,22-,28?/m0/s1. The lowest BCUT2D eigenvalue weighted by Gasteiger charge is -2.36. The molecular formula is C28H35FN6O3. The highest BCUT2D eigenvalue weighted by Crippen LogP contribution is 2.32. The number of benzene rings is 2. The van der Waals surface area contributed by atoms with Crippen LogP contribution in [0.5, 0.6) is 5.75 Å². The normalized spacial score (nSPS) is 20.4. The molecule has 0 bridgehead atoms. The van der Waals surface area contributed by atoms with Gasteiger partial charge in [-0.25, -0.2) is 9.37 Å². The number of aromatic nitrogens is 2. The number of nitrogens with zero attached hydrogens (tertiary/aromatic N) is 2. The summed E-state index contributed by atoms with van der Waals surface area (Å²) in [7, 11) is 0. The van der Waals surface area contributed by atoms with E-state index < -0.39 is 24.3 Å². The van der Waals surface area contributed by atoms with Crippen LogP contribution in [0.1, 0.15) is 63.4 Å². The molecule has 2 aliphatic heterocycles. The number of imidazole rings is 1. The van der Waals surface area contributed by atoms with Crippen LogP contribution in [0.4, 0.5) is 10.1 Å². The molecule has 2 aliphatic rings. The van der Waals surface area contributed by atoms with Crippen LogP contribution in [-0.4, -0.2) is 51.7 Å². The largest absolute Gasteiger partial charge is 0.455 e. The highest BCUT2D eigenvalue weighted by atomic mass is 19.1. The van der Waals surface area contributed by atoms with E-state index in [4.69, 9.17) is 4.74 Å². The topological polar surface area (TPSA) is 111 Å². The van der Waals surface area contributed by atoms with E-state index >= 15 is 0 Å². The SMILES string of the molecule is CC[C@H]1CCCCN1C(=O)C[C@H](NC1Nc2ccc(C)cc2O1)C(=O)N[C@@H](C)c1nc2c(F)cccc2[nH]1. The number of nitrogens with one attached hydrogen (secondary N) is 4. The van der Waals surface area contributed by atoms with Gasteiger partial charge in [-0.2, -0.15) is 0 Å². The quantitative estimate of drug-likeness (QED) is 0.354. The zero-order valence-corrected chi connectivity index (χ0v) is 22.0. The molecule has 1 saturated heterocycles. The zero-order valence-electron chi connectivity index (χ0n) is 22.0. The lowest BCUT2D eigenvalue weighted by molar-refractivity contribution is -0.138. The van der Waals surface area contributed by atoms with Crippen molar-refractivity contribution in [1.82, 2.24) is 25.5 Å². The molecule has 10 heteroatoms. The molecule has 1 fully saturated rings. The molecule has 2 aromatic carbocycles. The number of piperidine rings is 1. The fraction of sp³-hybridized carbons (Fsp3) is 0.464. The lowest BCUT2D eigenvalue weighted by Crippen LogP contribution is -2.55. The van der Waals surface area contributed by atoms with E-state index in [0.29, 0.717) is 23.6 Å². The number of carbonyl (C=O) groups excluding carboxylic acids is 2. The van der Waals surface area contributed by atoms with E-state index in [1.165, 1.54) is 6.07 Å². The van der Waals surface area contributed by atoms with Crippen LogP contribution in [0, 0.1) is 12.7 Å². The van der Waals surface area contributed by atoms with Gasteiger partial charge < -0.3 is 25.3 Å². The molecule has 0 aliphatic carbocycles. The van der Waals surface area contributed by atoms with Crippen LogP contribution < -0.4 is 20.7 Å². The van der Waals surface area contributed by atoms with E-state index in [9.17, 15) is 14.0 Å².